The van der Waals surface area contributed by atoms with Crippen molar-refractivity contribution < 1.29 is 18.3 Å². The zero-order valence-electron chi connectivity index (χ0n) is 22.7. The van der Waals surface area contributed by atoms with E-state index < -0.39 is 17.5 Å². The van der Waals surface area contributed by atoms with Crippen molar-refractivity contribution >= 4 is 40.0 Å². The SMILES string of the molecule is CN1CCC(Nc2n[nH]c3nccc(Oc4ccc(Nc5ncccc5C(=O)Nc5ccc(F)cc5)cc4F)c23)CC1. The van der Waals surface area contributed by atoms with Crippen LogP contribution in [0.1, 0.15) is 23.2 Å². The number of carbonyl (C=O) groups is 1. The molecule has 1 aliphatic rings. The Morgan fingerprint density at radius 2 is 1.74 bits per heavy atom. The molecule has 2 aromatic carbocycles. The number of ether oxygens (including phenoxy) is 1. The predicted octanol–water partition coefficient (Wildman–Crippen LogP) is 5.93. The van der Waals surface area contributed by atoms with Crippen molar-refractivity contribution in [3.63, 3.8) is 0 Å². The van der Waals surface area contributed by atoms with Gasteiger partial charge in [0.1, 0.15) is 22.8 Å². The standard InChI is InChI=1S/C30H28F2N8O2/c1-40-15-11-20(12-16-40)35-29-26-25(10-14-34-28(26)38-39-29)42-24-9-8-21(17-23(24)32)36-27-22(3-2-13-33-27)30(41)37-19-6-4-18(31)5-7-19/h2-10,13-14,17,20H,11-12,15-16H2,1H3,(H,33,36)(H,37,41)(H2,34,35,38,39). The number of aromatic nitrogens is 4. The average molecular weight is 571 g/mol. The quantitative estimate of drug-likeness (QED) is 0.181. The minimum atomic E-state index is -0.619. The largest absolute Gasteiger partial charge is 0.453 e. The predicted molar refractivity (Wildman–Crippen MR) is 156 cm³/mol. The number of amides is 1. The van der Waals surface area contributed by atoms with Gasteiger partial charge in [-0.1, -0.05) is 0 Å². The Balaban J connectivity index is 1.19. The molecule has 0 radical (unpaired) electrons. The Morgan fingerprint density at radius 3 is 2.52 bits per heavy atom. The number of anilines is 4. The second-order valence-electron chi connectivity index (χ2n) is 10.1. The van der Waals surface area contributed by atoms with Gasteiger partial charge in [-0.25, -0.2) is 18.7 Å². The molecule has 1 aliphatic heterocycles. The number of hydrogen-bond acceptors (Lipinski definition) is 8. The van der Waals surface area contributed by atoms with Crippen LogP contribution in [0, 0.1) is 11.6 Å². The monoisotopic (exact) mass is 570 g/mol. The Hall–Kier alpha value is -5.10. The third-order valence-electron chi connectivity index (χ3n) is 7.05. The maximum atomic E-state index is 15.3. The highest BCUT2D eigenvalue weighted by molar-refractivity contribution is 6.07. The summed E-state index contributed by atoms with van der Waals surface area (Å²) in [5, 5.41) is 17.1. The lowest BCUT2D eigenvalue weighted by Crippen LogP contribution is -2.36. The van der Waals surface area contributed by atoms with Crippen molar-refractivity contribution in [1.29, 1.82) is 0 Å². The molecule has 3 aromatic heterocycles. The first kappa shape index (κ1) is 27.1. The number of nitrogens with zero attached hydrogens (tertiary/aromatic N) is 4. The van der Waals surface area contributed by atoms with E-state index in [1.807, 2.05) is 0 Å². The molecule has 4 N–H and O–H groups in total. The van der Waals surface area contributed by atoms with E-state index in [0.717, 1.165) is 25.9 Å². The number of pyridine rings is 2. The summed E-state index contributed by atoms with van der Waals surface area (Å²) in [6.07, 6.45) is 5.05. The van der Waals surface area contributed by atoms with Gasteiger partial charge in [-0.2, -0.15) is 5.10 Å². The van der Waals surface area contributed by atoms with Crippen molar-refractivity contribution in [1.82, 2.24) is 25.1 Å². The summed E-state index contributed by atoms with van der Waals surface area (Å²) in [6, 6.07) is 14.9. The number of benzene rings is 2. The van der Waals surface area contributed by atoms with E-state index >= 15 is 4.39 Å². The van der Waals surface area contributed by atoms with Gasteiger partial charge in [-0.3, -0.25) is 9.89 Å². The molecule has 10 nitrogen and oxygen atoms in total. The van der Waals surface area contributed by atoms with Crippen molar-refractivity contribution in [3.8, 4) is 11.5 Å². The topological polar surface area (TPSA) is 120 Å². The molecule has 1 fully saturated rings. The summed E-state index contributed by atoms with van der Waals surface area (Å²) >= 11 is 0. The Bertz CT molecular complexity index is 1720. The molecule has 0 spiro atoms. The number of aromatic amines is 1. The molecule has 0 aliphatic carbocycles. The first-order valence-corrected chi connectivity index (χ1v) is 13.5. The van der Waals surface area contributed by atoms with E-state index in [9.17, 15) is 9.18 Å². The molecule has 5 aromatic rings. The second-order valence-corrected chi connectivity index (χ2v) is 10.1. The van der Waals surface area contributed by atoms with E-state index in [0.29, 0.717) is 34.0 Å². The Labute approximate surface area is 240 Å². The van der Waals surface area contributed by atoms with Crippen LogP contribution in [0.15, 0.2) is 73.1 Å². The number of H-pyrrole nitrogens is 1. The van der Waals surface area contributed by atoms with Gasteiger partial charge in [0.2, 0.25) is 0 Å². The normalized spacial score (nSPS) is 14.1. The third kappa shape index (κ3) is 5.98. The summed E-state index contributed by atoms with van der Waals surface area (Å²) in [7, 11) is 2.10. The van der Waals surface area contributed by atoms with E-state index in [4.69, 9.17) is 4.74 Å². The van der Waals surface area contributed by atoms with Gasteiger partial charge in [-0.15, -0.1) is 0 Å². The van der Waals surface area contributed by atoms with Crippen LogP contribution in [0.4, 0.5) is 31.8 Å². The van der Waals surface area contributed by atoms with Crippen LogP contribution in [0.25, 0.3) is 11.0 Å². The van der Waals surface area contributed by atoms with Gasteiger partial charge >= 0.3 is 0 Å². The second kappa shape index (κ2) is 11.8. The minimum Gasteiger partial charge on any atom is -0.453 e. The van der Waals surface area contributed by atoms with Crippen LogP contribution in [0.5, 0.6) is 11.5 Å². The van der Waals surface area contributed by atoms with Gasteiger partial charge < -0.3 is 25.6 Å². The Morgan fingerprint density at radius 1 is 0.952 bits per heavy atom. The number of hydrogen-bond donors (Lipinski definition) is 4. The molecular weight excluding hydrogens is 542 g/mol. The van der Waals surface area contributed by atoms with Crippen molar-refractivity contribution in [2.75, 3.05) is 36.1 Å². The summed E-state index contributed by atoms with van der Waals surface area (Å²) < 4.78 is 34.5. The van der Waals surface area contributed by atoms with Gasteiger partial charge in [-0.05, 0) is 81.5 Å². The molecule has 1 saturated heterocycles. The van der Waals surface area contributed by atoms with Crippen LogP contribution in [-0.4, -0.2) is 57.2 Å². The molecule has 214 valence electrons. The molecule has 0 saturated carbocycles. The molecule has 1 amide bonds. The van der Waals surface area contributed by atoms with Crippen LogP contribution in [-0.2, 0) is 0 Å². The molecule has 0 atom stereocenters. The first-order valence-electron chi connectivity index (χ1n) is 13.5. The molecular formula is C30H28F2N8O2. The number of halogens is 2. The fourth-order valence-electron chi connectivity index (χ4n) is 4.79. The molecule has 0 unspecified atom stereocenters. The summed E-state index contributed by atoms with van der Waals surface area (Å²) in [4.78, 5) is 23.8. The van der Waals surface area contributed by atoms with Gasteiger partial charge in [0.15, 0.2) is 23.0 Å². The highest BCUT2D eigenvalue weighted by Gasteiger charge is 2.21. The third-order valence-corrected chi connectivity index (χ3v) is 7.05. The summed E-state index contributed by atoms with van der Waals surface area (Å²) in [5.41, 5.74) is 1.55. The number of carbonyl (C=O) groups excluding carboxylic acids is 1. The number of likely N-dealkylation sites (tertiary alicyclic amines) is 1. The number of rotatable bonds is 8. The highest BCUT2D eigenvalue weighted by atomic mass is 19.1. The van der Waals surface area contributed by atoms with Gasteiger partial charge in [0.05, 0.1) is 5.56 Å². The van der Waals surface area contributed by atoms with E-state index in [2.05, 4.69) is 48.1 Å². The first-order chi connectivity index (χ1) is 20.4. The number of fused-ring (bicyclic) bond motifs is 1. The molecule has 12 heteroatoms. The van der Waals surface area contributed by atoms with Crippen molar-refractivity contribution in [2.24, 2.45) is 0 Å². The maximum Gasteiger partial charge on any atom is 0.259 e. The van der Waals surface area contributed by atoms with Crippen LogP contribution in [0.2, 0.25) is 0 Å². The van der Waals surface area contributed by atoms with Crippen LogP contribution >= 0.6 is 0 Å². The summed E-state index contributed by atoms with van der Waals surface area (Å²) in [6.45, 7) is 1.98. The van der Waals surface area contributed by atoms with Crippen LogP contribution < -0.4 is 20.7 Å². The van der Waals surface area contributed by atoms with E-state index in [1.54, 1.807) is 30.5 Å². The molecule has 4 heterocycles. The lowest BCUT2D eigenvalue weighted by atomic mass is 10.1. The molecule has 6 rings (SSSR count). The Kier molecular flexibility index (Phi) is 7.60. The van der Waals surface area contributed by atoms with Crippen LogP contribution in [0.3, 0.4) is 0 Å². The zero-order chi connectivity index (χ0) is 29.1. The van der Waals surface area contributed by atoms with E-state index in [1.165, 1.54) is 42.6 Å². The molecule has 42 heavy (non-hydrogen) atoms. The van der Waals surface area contributed by atoms with Gasteiger partial charge in [0.25, 0.3) is 5.91 Å². The highest BCUT2D eigenvalue weighted by Crippen LogP contribution is 2.35. The lowest BCUT2D eigenvalue weighted by Gasteiger charge is -2.29. The van der Waals surface area contributed by atoms with Crippen molar-refractivity contribution in [2.45, 2.75) is 18.9 Å². The maximum absolute atomic E-state index is 15.3. The zero-order valence-corrected chi connectivity index (χ0v) is 22.7. The van der Waals surface area contributed by atoms with Gasteiger partial charge in [0, 0.05) is 41.9 Å². The molecule has 0 bridgehead atoms. The van der Waals surface area contributed by atoms with E-state index in [-0.39, 0.29) is 23.2 Å². The fraction of sp³-hybridized carbons (Fsp3) is 0.200. The number of piperidine rings is 1. The smallest absolute Gasteiger partial charge is 0.259 e. The minimum absolute atomic E-state index is 0.00906. The fourth-order valence-corrected chi connectivity index (χ4v) is 4.79. The lowest BCUT2D eigenvalue weighted by molar-refractivity contribution is 0.102. The number of nitrogens with one attached hydrogen (secondary N) is 4. The average Bonchev–Trinajstić information content (AvgIpc) is 3.40. The van der Waals surface area contributed by atoms with Crippen molar-refractivity contribution in [3.05, 3.63) is 90.3 Å². The summed E-state index contributed by atoms with van der Waals surface area (Å²) in [5.74, 6) is -0.222.